The fraction of sp³-hybridized carbons (Fsp3) is 1.00. The van der Waals surface area contributed by atoms with Crippen LogP contribution in [0.25, 0.3) is 0 Å². The van der Waals surface area contributed by atoms with Crippen molar-refractivity contribution in [1.29, 1.82) is 0 Å². The Balaban J connectivity index is 2.33. The fourth-order valence-corrected chi connectivity index (χ4v) is 2.34. The van der Waals surface area contributed by atoms with Gasteiger partial charge in [0, 0.05) is 19.8 Å². The van der Waals surface area contributed by atoms with Gasteiger partial charge in [0.1, 0.15) is 0 Å². The summed E-state index contributed by atoms with van der Waals surface area (Å²) in [4.78, 5) is 0. The maximum absolute atomic E-state index is 5.14. The van der Waals surface area contributed by atoms with Crippen LogP contribution in [-0.2, 0) is 4.74 Å². The molecule has 0 aromatic carbocycles. The highest BCUT2D eigenvalue weighted by molar-refractivity contribution is 4.94. The zero-order chi connectivity index (χ0) is 10.6. The van der Waals surface area contributed by atoms with E-state index < -0.39 is 0 Å². The van der Waals surface area contributed by atoms with Gasteiger partial charge in [0.2, 0.25) is 0 Å². The average molecular weight is 199 g/mol. The van der Waals surface area contributed by atoms with E-state index in [0.717, 1.165) is 30.9 Å². The van der Waals surface area contributed by atoms with Crippen molar-refractivity contribution < 1.29 is 4.74 Å². The quantitative estimate of drug-likeness (QED) is 0.679. The Labute approximate surface area is 88.4 Å². The van der Waals surface area contributed by atoms with Crippen LogP contribution in [0.1, 0.15) is 33.6 Å². The van der Waals surface area contributed by atoms with Crippen LogP contribution in [-0.4, -0.2) is 26.3 Å². The molecule has 84 valence electrons. The second-order valence-corrected chi connectivity index (χ2v) is 4.72. The number of methoxy groups -OCH3 is 1. The molecule has 1 rings (SSSR count). The monoisotopic (exact) mass is 199 g/mol. The van der Waals surface area contributed by atoms with E-state index in [1.165, 1.54) is 12.8 Å². The van der Waals surface area contributed by atoms with Crippen molar-refractivity contribution in [3.63, 3.8) is 0 Å². The number of hydrogen-bond donors (Lipinski definition) is 1. The standard InChI is InChI=1S/C12H25NO/c1-5-13-12(11-8-10(11)3)9(2)6-7-14-4/h9-13H,5-8H2,1-4H3. The SMILES string of the molecule is CCNC(C(C)CCOC)C1CC1C. The normalized spacial score (nSPS) is 30.0. The molecule has 14 heavy (non-hydrogen) atoms. The molecule has 1 fully saturated rings. The van der Waals surface area contributed by atoms with Crippen LogP contribution in [0.3, 0.4) is 0 Å². The van der Waals surface area contributed by atoms with Crippen molar-refractivity contribution in [3.05, 3.63) is 0 Å². The maximum Gasteiger partial charge on any atom is 0.0465 e. The summed E-state index contributed by atoms with van der Waals surface area (Å²) in [5.74, 6) is 2.59. The maximum atomic E-state index is 5.14. The molecule has 0 radical (unpaired) electrons. The molecule has 1 aliphatic rings. The van der Waals surface area contributed by atoms with Crippen LogP contribution in [0, 0.1) is 17.8 Å². The van der Waals surface area contributed by atoms with E-state index in [1.807, 2.05) is 0 Å². The van der Waals surface area contributed by atoms with Crippen LogP contribution >= 0.6 is 0 Å². The van der Waals surface area contributed by atoms with E-state index >= 15 is 0 Å². The van der Waals surface area contributed by atoms with Gasteiger partial charge in [-0.1, -0.05) is 20.8 Å². The molecule has 2 heteroatoms. The molecular weight excluding hydrogens is 174 g/mol. The predicted molar refractivity (Wildman–Crippen MR) is 60.4 cm³/mol. The lowest BCUT2D eigenvalue weighted by atomic mass is 9.93. The number of nitrogens with one attached hydrogen (secondary N) is 1. The third-order valence-corrected chi connectivity index (χ3v) is 3.46. The summed E-state index contributed by atoms with van der Waals surface area (Å²) in [6.07, 6.45) is 2.59. The lowest BCUT2D eigenvalue weighted by Crippen LogP contribution is -2.37. The molecule has 2 nitrogen and oxygen atoms in total. The third-order valence-electron chi connectivity index (χ3n) is 3.46. The molecular formula is C12H25NO. The van der Waals surface area contributed by atoms with Gasteiger partial charge in [-0.3, -0.25) is 0 Å². The van der Waals surface area contributed by atoms with Crippen LogP contribution in [0.4, 0.5) is 0 Å². The molecule has 4 atom stereocenters. The molecule has 1 aliphatic carbocycles. The molecule has 1 N–H and O–H groups in total. The van der Waals surface area contributed by atoms with Crippen molar-refractivity contribution in [1.82, 2.24) is 5.32 Å². The van der Waals surface area contributed by atoms with E-state index in [0.29, 0.717) is 6.04 Å². The molecule has 0 spiro atoms. The summed E-state index contributed by atoms with van der Waals surface area (Å²) >= 11 is 0. The number of hydrogen-bond acceptors (Lipinski definition) is 2. The van der Waals surface area contributed by atoms with Gasteiger partial charge in [0.05, 0.1) is 0 Å². The predicted octanol–water partition coefficient (Wildman–Crippen LogP) is 2.29. The highest BCUT2D eigenvalue weighted by Gasteiger charge is 2.40. The largest absolute Gasteiger partial charge is 0.385 e. The lowest BCUT2D eigenvalue weighted by Gasteiger charge is -2.25. The van der Waals surface area contributed by atoms with E-state index in [4.69, 9.17) is 4.74 Å². The Morgan fingerprint density at radius 1 is 1.50 bits per heavy atom. The molecule has 0 aromatic rings. The van der Waals surface area contributed by atoms with E-state index in [9.17, 15) is 0 Å². The minimum absolute atomic E-state index is 0.713. The summed E-state index contributed by atoms with van der Waals surface area (Å²) in [5, 5.41) is 3.63. The highest BCUT2D eigenvalue weighted by atomic mass is 16.5. The van der Waals surface area contributed by atoms with E-state index in [-0.39, 0.29) is 0 Å². The van der Waals surface area contributed by atoms with Crippen LogP contribution in [0.2, 0.25) is 0 Å². The Morgan fingerprint density at radius 3 is 2.57 bits per heavy atom. The van der Waals surface area contributed by atoms with Gasteiger partial charge < -0.3 is 10.1 Å². The summed E-state index contributed by atoms with van der Waals surface area (Å²) in [6, 6.07) is 0.713. The minimum Gasteiger partial charge on any atom is -0.385 e. The van der Waals surface area contributed by atoms with Gasteiger partial charge >= 0.3 is 0 Å². The zero-order valence-electron chi connectivity index (χ0n) is 10.0. The van der Waals surface area contributed by atoms with Crippen LogP contribution in [0.15, 0.2) is 0 Å². The van der Waals surface area contributed by atoms with Gasteiger partial charge in [-0.2, -0.15) is 0 Å². The Bertz CT molecular complexity index is 160. The van der Waals surface area contributed by atoms with Gasteiger partial charge in [-0.25, -0.2) is 0 Å². The Hall–Kier alpha value is -0.0800. The zero-order valence-corrected chi connectivity index (χ0v) is 10.0. The first kappa shape index (κ1) is 12.0. The summed E-state index contributed by atoms with van der Waals surface area (Å²) in [7, 11) is 1.79. The van der Waals surface area contributed by atoms with Crippen LogP contribution < -0.4 is 5.32 Å². The first-order valence-corrected chi connectivity index (χ1v) is 5.93. The average Bonchev–Trinajstić information content (AvgIpc) is 2.88. The number of ether oxygens (including phenoxy) is 1. The third kappa shape index (κ3) is 3.25. The molecule has 0 bridgehead atoms. The van der Waals surface area contributed by atoms with Crippen molar-refractivity contribution in [2.45, 2.75) is 39.7 Å². The second-order valence-electron chi connectivity index (χ2n) is 4.72. The van der Waals surface area contributed by atoms with Gasteiger partial charge in [0.25, 0.3) is 0 Å². The topological polar surface area (TPSA) is 21.3 Å². The van der Waals surface area contributed by atoms with Crippen molar-refractivity contribution >= 4 is 0 Å². The molecule has 4 unspecified atom stereocenters. The molecule has 0 amide bonds. The van der Waals surface area contributed by atoms with Crippen LogP contribution in [0.5, 0.6) is 0 Å². The molecule has 0 heterocycles. The van der Waals surface area contributed by atoms with Crippen molar-refractivity contribution in [3.8, 4) is 0 Å². The fourth-order valence-electron chi connectivity index (χ4n) is 2.34. The Kier molecular flexibility index (Phi) is 4.90. The number of rotatable bonds is 7. The molecule has 1 saturated carbocycles. The Morgan fingerprint density at radius 2 is 2.14 bits per heavy atom. The van der Waals surface area contributed by atoms with Crippen molar-refractivity contribution in [2.75, 3.05) is 20.3 Å². The first-order chi connectivity index (χ1) is 6.70. The molecule has 0 saturated heterocycles. The van der Waals surface area contributed by atoms with Gasteiger partial charge in [-0.15, -0.1) is 0 Å². The summed E-state index contributed by atoms with van der Waals surface area (Å²) in [5.41, 5.74) is 0. The van der Waals surface area contributed by atoms with Crippen molar-refractivity contribution in [2.24, 2.45) is 17.8 Å². The smallest absolute Gasteiger partial charge is 0.0465 e. The minimum atomic E-state index is 0.713. The molecule has 0 aliphatic heterocycles. The summed E-state index contributed by atoms with van der Waals surface area (Å²) in [6.45, 7) is 8.88. The van der Waals surface area contributed by atoms with Gasteiger partial charge in [0.15, 0.2) is 0 Å². The van der Waals surface area contributed by atoms with Gasteiger partial charge in [-0.05, 0) is 37.1 Å². The van der Waals surface area contributed by atoms with E-state index in [2.05, 4.69) is 26.1 Å². The highest BCUT2D eigenvalue weighted by Crippen LogP contribution is 2.43. The first-order valence-electron chi connectivity index (χ1n) is 5.93. The molecule has 0 aromatic heterocycles. The summed E-state index contributed by atoms with van der Waals surface area (Å²) < 4.78 is 5.14. The lowest BCUT2D eigenvalue weighted by molar-refractivity contribution is 0.166. The van der Waals surface area contributed by atoms with E-state index in [1.54, 1.807) is 7.11 Å². The second kappa shape index (κ2) is 5.72.